The minimum atomic E-state index is -0.00575. The summed E-state index contributed by atoms with van der Waals surface area (Å²) in [6.07, 6.45) is 4.69. The van der Waals surface area contributed by atoms with Crippen LogP contribution >= 0.6 is 0 Å². The maximum atomic E-state index is 11.6. The quantitative estimate of drug-likeness (QED) is 0.862. The molecule has 0 fully saturated rings. The third-order valence-corrected chi connectivity index (χ3v) is 2.75. The Hall–Kier alpha value is -2.20. The van der Waals surface area contributed by atoms with E-state index in [1.807, 2.05) is 36.4 Å². The van der Waals surface area contributed by atoms with Gasteiger partial charge >= 0.3 is 0 Å². The van der Waals surface area contributed by atoms with Gasteiger partial charge in [0.05, 0.1) is 0 Å². The average molecular weight is 255 g/mol. The summed E-state index contributed by atoms with van der Waals surface area (Å²) in [6.45, 7) is 0.531. The third-order valence-electron chi connectivity index (χ3n) is 2.75. The highest BCUT2D eigenvalue weighted by atomic mass is 16.1. The van der Waals surface area contributed by atoms with E-state index in [2.05, 4.69) is 10.3 Å². The highest BCUT2D eigenvalue weighted by molar-refractivity contribution is 5.91. The Morgan fingerprint density at radius 3 is 2.79 bits per heavy atom. The molecule has 1 aromatic heterocycles. The second-order valence-corrected chi connectivity index (χ2v) is 4.26. The van der Waals surface area contributed by atoms with Crippen molar-refractivity contribution in [1.29, 1.82) is 0 Å². The highest BCUT2D eigenvalue weighted by Crippen LogP contribution is 2.21. The van der Waals surface area contributed by atoms with Crippen LogP contribution in [0.5, 0.6) is 0 Å². The van der Waals surface area contributed by atoms with Crippen LogP contribution in [0.1, 0.15) is 12.8 Å². The third kappa shape index (κ3) is 3.89. The number of anilines is 1. The van der Waals surface area contributed by atoms with Gasteiger partial charge in [0.1, 0.15) is 0 Å². The van der Waals surface area contributed by atoms with Gasteiger partial charge in [-0.05, 0) is 36.7 Å². The second kappa shape index (κ2) is 6.66. The summed E-state index contributed by atoms with van der Waals surface area (Å²) in [6, 6.07) is 11.6. The number of nitrogens with two attached hydrogens (primary N) is 1. The number of aromatic nitrogens is 1. The molecular weight excluding hydrogens is 238 g/mol. The number of nitrogens with zero attached hydrogens (tertiary/aromatic N) is 1. The van der Waals surface area contributed by atoms with Crippen LogP contribution in [-0.2, 0) is 4.79 Å². The Morgan fingerprint density at radius 2 is 2.05 bits per heavy atom. The predicted octanol–water partition coefficient (Wildman–Crippen LogP) is 2.43. The maximum Gasteiger partial charge on any atom is 0.224 e. The van der Waals surface area contributed by atoms with Gasteiger partial charge in [0.25, 0.3) is 0 Å². The number of carbonyl (C=O) groups is 1. The lowest BCUT2D eigenvalue weighted by Gasteiger charge is -2.07. The van der Waals surface area contributed by atoms with Gasteiger partial charge in [-0.15, -0.1) is 0 Å². The number of benzene rings is 1. The molecule has 0 aliphatic heterocycles. The van der Waals surface area contributed by atoms with Gasteiger partial charge in [-0.1, -0.05) is 18.2 Å². The second-order valence-electron chi connectivity index (χ2n) is 4.26. The van der Waals surface area contributed by atoms with Crippen LogP contribution in [-0.4, -0.2) is 17.4 Å². The Bertz CT molecular complexity index is 540. The summed E-state index contributed by atoms with van der Waals surface area (Å²) in [5, 5.41) is 2.87. The molecule has 1 heterocycles. The number of carbonyl (C=O) groups excluding carboxylic acids is 1. The largest absolute Gasteiger partial charge is 0.330 e. The van der Waals surface area contributed by atoms with Crippen molar-refractivity contribution in [2.45, 2.75) is 12.8 Å². The molecule has 4 nitrogen and oxygen atoms in total. The number of nitrogens with one attached hydrogen (secondary N) is 1. The Labute approximate surface area is 112 Å². The zero-order valence-electron chi connectivity index (χ0n) is 10.7. The van der Waals surface area contributed by atoms with Gasteiger partial charge in [-0.25, -0.2) is 0 Å². The van der Waals surface area contributed by atoms with E-state index in [0.717, 1.165) is 16.8 Å². The van der Waals surface area contributed by atoms with Crippen molar-refractivity contribution < 1.29 is 4.79 Å². The molecule has 0 aliphatic carbocycles. The zero-order valence-corrected chi connectivity index (χ0v) is 10.7. The van der Waals surface area contributed by atoms with Gasteiger partial charge in [-0.3, -0.25) is 9.78 Å². The first-order chi connectivity index (χ1) is 9.29. The first-order valence-electron chi connectivity index (χ1n) is 6.30. The van der Waals surface area contributed by atoms with E-state index < -0.39 is 0 Å². The van der Waals surface area contributed by atoms with Crippen molar-refractivity contribution in [2.75, 3.05) is 11.9 Å². The first kappa shape index (κ1) is 13.2. The number of rotatable bonds is 5. The molecule has 0 saturated carbocycles. The SMILES string of the molecule is NCCCC(=O)Nc1cccc(-c2cccnc2)c1. The van der Waals surface area contributed by atoms with Crippen molar-refractivity contribution in [1.82, 2.24) is 4.98 Å². The van der Waals surface area contributed by atoms with E-state index in [-0.39, 0.29) is 5.91 Å². The molecule has 1 aromatic carbocycles. The lowest BCUT2D eigenvalue weighted by molar-refractivity contribution is -0.116. The minimum Gasteiger partial charge on any atom is -0.330 e. The maximum absolute atomic E-state index is 11.6. The van der Waals surface area contributed by atoms with E-state index in [9.17, 15) is 4.79 Å². The molecular formula is C15H17N3O. The van der Waals surface area contributed by atoms with Crippen molar-refractivity contribution in [3.63, 3.8) is 0 Å². The summed E-state index contributed by atoms with van der Waals surface area (Å²) in [5.41, 5.74) is 8.24. The van der Waals surface area contributed by atoms with Gasteiger partial charge in [0.15, 0.2) is 0 Å². The fourth-order valence-electron chi connectivity index (χ4n) is 1.80. The number of hydrogen-bond acceptors (Lipinski definition) is 3. The number of amides is 1. The molecule has 0 saturated heterocycles. The Morgan fingerprint density at radius 1 is 1.21 bits per heavy atom. The Kier molecular flexibility index (Phi) is 4.64. The summed E-state index contributed by atoms with van der Waals surface area (Å²) in [5.74, 6) is -0.00575. The van der Waals surface area contributed by atoms with Crippen molar-refractivity contribution in [3.05, 3.63) is 48.8 Å². The van der Waals surface area contributed by atoms with E-state index in [0.29, 0.717) is 19.4 Å². The van der Waals surface area contributed by atoms with Crippen molar-refractivity contribution >= 4 is 11.6 Å². The average Bonchev–Trinajstić information content (AvgIpc) is 2.46. The van der Waals surface area contributed by atoms with E-state index >= 15 is 0 Å². The molecule has 2 aromatic rings. The molecule has 0 aliphatic rings. The molecule has 19 heavy (non-hydrogen) atoms. The van der Waals surface area contributed by atoms with Crippen LogP contribution in [0.3, 0.4) is 0 Å². The molecule has 3 N–H and O–H groups in total. The molecule has 0 spiro atoms. The summed E-state index contributed by atoms with van der Waals surface area (Å²) < 4.78 is 0. The lowest BCUT2D eigenvalue weighted by atomic mass is 10.1. The van der Waals surface area contributed by atoms with Crippen LogP contribution in [0.2, 0.25) is 0 Å². The van der Waals surface area contributed by atoms with E-state index in [1.54, 1.807) is 12.4 Å². The summed E-state index contributed by atoms with van der Waals surface area (Å²) in [7, 11) is 0. The smallest absolute Gasteiger partial charge is 0.224 e. The normalized spacial score (nSPS) is 10.2. The van der Waals surface area contributed by atoms with E-state index in [1.165, 1.54) is 0 Å². The molecule has 0 bridgehead atoms. The predicted molar refractivity (Wildman–Crippen MR) is 76.6 cm³/mol. The lowest BCUT2D eigenvalue weighted by Crippen LogP contribution is -2.13. The number of hydrogen-bond donors (Lipinski definition) is 2. The van der Waals surface area contributed by atoms with Crippen molar-refractivity contribution in [2.24, 2.45) is 5.73 Å². The molecule has 4 heteroatoms. The number of pyridine rings is 1. The minimum absolute atomic E-state index is 0.00575. The van der Waals surface area contributed by atoms with Crippen LogP contribution < -0.4 is 11.1 Å². The summed E-state index contributed by atoms with van der Waals surface area (Å²) in [4.78, 5) is 15.7. The van der Waals surface area contributed by atoms with Crippen LogP contribution in [0, 0.1) is 0 Å². The first-order valence-corrected chi connectivity index (χ1v) is 6.30. The highest BCUT2D eigenvalue weighted by Gasteiger charge is 2.03. The molecule has 0 radical (unpaired) electrons. The molecule has 98 valence electrons. The van der Waals surface area contributed by atoms with Crippen LogP contribution in [0.15, 0.2) is 48.8 Å². The van der Waals surface area contributed by atoms with Crippen molar-refractivity contribution in [3.8, 4) is 11.1 Å². The molecule has 1 amide bonds. The molecule has 0 unspecified atom stereocenters. The zero-order chi connectivity index (χ0) is 13.5. The molecule has 0 atom stereocenters. The summed E-state index contributed by atoms with van der Waals surface area (Å²) >= 11 is 0. The fourth-order valence-corrected chi connectivity index (χ4v) is 1.80. The Balaban J connectivity index is 2.10. The van der Waals surface area contributed by atoms with Gasteiger partial charge in [0.2, 0.25) is 5.91 Å². The van der Waals surface area contributed by atoms with Crippen LogP contribution in [0.25, 0.3) is 11.1 Å². The van der Waals surface area contributed by atoms with Gasteiger partial charge in [0, 0.05) is 30.1 Å². The van der Waals surface area contributed by atoms with Crippen LogP contribution in [0.4, 0.5) is 5.69 Å². The van der Waals surface area contributed by atoms with Gasteiger partial charge < -0.3 is 11.1 Å². The standard InChI is InChI=1S/C15H17N3O/c16-8-2-7-15(19)18-14-6-1-4-12(10-14)13-5-3-9-17-11-13/h1,3-6,9-11H,2,7-8,16H2,(H,18,19). The fraction of sp³-hybridized carbons (Fsp3) is 0.200. The topological polar surface area (TPSA) is 68.0 Å². The van der Waals surface area contributed by atoms with Gasteiger partial charge in [-0.2, -0.15) is 0 Å². The molecule has 2 rings (SSSR count). The van der Waals surface area contributed by atoms with E-state index in [4.69, 9.17) is 5.73 Å². The monoisotopic (exact) mass is 255 g/mol.